The van der Waals surface area contributed by atoms with Crippen LogP contribution in [0.25, 0.3) is 0 Å². The lowest BCUT2D eigenvalue weighted by Gasteiger charge is -2.36. The predicted molar refractivity (Wildman–Crippen MR) is 58.7 cm³/mol. The minimum Gasteiger partial charge on any atom is -0.785 e. The molecule has 1 aliphatic rings. The fraction of sp³-hybridized carbons (Fsp3) is 1.00. The van der Waals surface area contributed by atoms with E-state index in [-0.39, 0.29) is 12.7 Å². The van der Waals surface area contributed by atoms with Crippen molar-refractivity contribution in [2.45, 2.75) is 25.0 Å². The molecule has 0 radical (unpaired) electrons. The monoisotopic (exact) mass is 280 g/mol. The summed E-state index contributed by atoms with van der Waals surface area (Å²) in [5.74, 6) is 0. The van der Waals surface area contributed by atoms with Gasteiger partial charge in [-0.2, -0.15) is 0 Å². The first-order valence-corrected chi connectivity index (χ1v) is 5.59. The van der Waals surface area contributed by atoms with Crippen molar-refractivity contribution in [2.75, 3.05) is 26.3 Å². The third-order valence-electron chi connectivity index (χ3n) is 2.52. The van der Waals surface area contributed by atoms with Crippen molar-refractivity contribution < 1.29 is 24.6 Å². The van der Waals surface area contributed by atoms with Crippen molar-refractivity contribution in [3.05, 3.63) is 25.4 Å². The Kier molecular flexibility index (Phi) is 6.18. The normalized spacial score (nSPS) is 18.8. The maximum absolute atomic E-state index is 10.9. The van der Waals surface area contributed by atoms with Crippen molar-refractivity contribution in [1.82, 2.24) is 5.06 Å². The Labute approximate surface area is 107 Å². The molecule has 0 bridgehead atoms. The Hall–Kier alpha value is -1.72. The Morgan fingerprint density at radius 3 is 2.32 bits per heavy atom. The maximum Gasteiger partial charge on any atom is 0.294 e. The summed E-state index contributed by atoms with van der Waals surface area (Å²) < 4.78 is 5.33. The molecular weight excluding hydrogens is 266 g/mol. The maximum atomic E-state index is 10.9. The highest BCUT2D eigenvalue weighted by atomic mass is 17.0. The Morgan fingerprint density at radius 2 is 1.79 bits per heavy atom. The van der Waals surface area contributed by atoms with Gasteiger partial charge in [-0.1, -0.05) is 0 Å². The van der Waals surface area contributed by atoms with Crippen LogP contribution in [-0.2, 0) is 14.4 Å². The minimum atomic E-state index is -1.18. The van der Waals surface area contributed by atoms with Gasteiger partial charge in [0.05, 0.1) is 12.7 Å². The van der Waals surface area contributed by atoms with Crippen LogP contribution in [-0.4, -0.2) is 53.7 Å². The van der Waals surface area contributed by atoms with E-state index in [1.54, 1.807) is 0 Å². The lowest BCUT2D eigenvalue weighted by atomic mass is 10.1. The first-order valence-electron chi connectivity index (χ1n) is 5.59. The Balaban J connectivity index is 2.30. The summed E-state index contributed by atoms with van der Waals surface area (Å²) in [6.07, 6.45) is -0.375. The molecule has 110 valence electrons. The van der Waals surface area contributed by atoms with Gasteiger partial charge in [0.15, 0.2) is 6.10 Å². The number of piperidine rings is 1. The molecule has 0 aromatic heterocycles. The highest BCUT2D eigenvalue weighted by molar-refractivity contribution is 4.72. The molecule has 1 unspecified atom stereocenters. The zero-order valence-corrected chi connectivity index (χ0v) is 10.0. The highest BCUT2D eigenvalue weighted by Crippen LogP contribution is 2.13. The Morgan fingerprint density at radius 1 is 1.16 bits per heavy atom. The van der Waals surface area contributed by atoms with Crippen molar-refractivity contribution in [3.8, 4) is 0 Å². The van der Waals surface area contributed by atoms with Crippen molar-refractivity contribution >= 4 is 0 Å². The topological polar surface area (TPSA) is 140 Å². The number of hydrogen-bond acceptors (Lipinski definition) is 9. The van der Waals surface area contributed by atoms with Crippen LogP contribution in [0.3, 0.4) is 0 Å². The van der Waals surface area contributed by atoms with Crippen LogP contribution in [0.5, 0.6) is 0 Å². The number of hydrogen-bond donors (Lipinski definition) is 0. The summed E-state index contributed by atoms with van der Waals surface area (Å²) in [5, 5.41) is 29.9. The van der Waals surface area contributed by atoms with Crippen LogP contribution < -0.4 is 0 Å². The van der Waals surface area contributed by atoms with Gasteiger partial charge >= 0.3 is 0 Å². The van der Waals surface area contributed by atoms with E-state index < -0.39 is 22.9 Å². The molecule has 1 heterocycles. The minimum absolute atomic E-state index is 0.210. The van der Waals surface area contributed by atoms with Crippen LogP contribution in [0, 0.1) is 25.4 Å². The van der Waals surface area contributed by atoms with E-state index >= 15 is 0 Å². The zero-order valence-electron chi connectivity index (χ0n) is 10.0. The van der Waals surface area contributed by atoms with E-state index in [1.807, 2.05) is 0 Å². The smallest absolute Gasteiger partial charge is 0.294 e. The zero-order chi connectivity index (χ0) is 14.3. The SMILES string of the molecule is O=[N+]([O-])OCC(COC1CCN([O-])CC1)O[N+](=O)[O-]. The fourth-order valence-corrected chi connectivity index (χ4v) is 1.62. The van der Waals surface area contributed by atoms with Crippen molar-refractivity contribution in [1.29, 1.82) is 0 Å². The first-order chi connectivity index (χ1) is 8.97. The van der Waals surface area contributed by atoms with Gasteiger partial charge in [0.1, 0.15) is 6.61 Å². The van der Waals surface area contributed by atoms with Crippen molar-refractivity contribution in [3.63, 3.8) is 0 Å². The number of ether oxygens (including phenoxy) is 1. The third kappa shape index (κ3) is 6.69. The van der Waals surface area contributed by atoms with E-state index in [9.17, 15) is 25.4 Å². The van der Waals surface area contributed by atoms with Crippen LogP contribution in [0.4, 0.5) is 0 Å². The molecule has 0 N–H and O–H groups in total. The highest BCUT2D eigenvalue weighted by Gasteiger charge is 2.20. The van der Waals surface area contributed by atoms with Gasteiger partial charge < -0.3 is 24.7 Å². The molecule has 0 aliphatic carbocycles. The van der Waals surface area contributed by atoms with Gasteiger partial charge in [0.2, 0.25) is 0 Å². The van der Waals surface area contributed by atoms with Crippen LogP contribution in [0.1, 0.15) is 12.8 Å². The number of rotatable bonds is 8. The van der Waals surface area contributed by atoms with E-state index in [2.05, 4.69) is 9.68 Å². The molecule has 1 atom stereocenters. The average Bonchev–Trinajstić information content (AvgIpc) is 2.34. The summed E-state index contributed by atoms with van der Waals surface area (Å²) in [6.45, 7) is -0.139. The molecular formula is C8H14N3O8-. The standard InChI is InChI=1S/C8H14N3O8/c12-9-3-1-7(2-4-9)17-5-8(19-11(15)16)6-18-10(13)14/h7-8H,1-6H2/q-1. The summed E-state index contributed by atoms with van der Waals surface area (Å²) in [7, 11) is 0. The van der Waals surface area contributed by atoms with Gasteiger partial charge in [0.25, 0.3) is 10.2 Å². The summed E-state index contributed by atoms with van der Waals surface area (Å²) in [6, 6.07) is 0. The van der Waals surface area contributed by atoms with Gasteiger partial charge in [0, 0.05) is 0 Å². The lowest BCUT2D eigenvalue weighted by Crippen LogP contribution is -2.36. The number of nitrogens with zero attached hydrogens (tertiary/aromatic N) is 3. The second-order valence-electron chi connectivity index (χ2n) is 3.93. The third-order valence-corrected chi connectivity index (χ3v) is 2.52. The molecule has 11 heteroatoms. The summed E-state index contributed by atoms with van der Waals surface area (Å²) in [5.41, 5.74) is 0. The Bertz CT molecular complexity index is 306. The lowest BCUT2D eigenvalue weighted by molar-refractivity contribution is -0.790. The van der Waals surface area contributed by atoms with E-state index in [1.165, 1.54) is 0 Å². The second-order valence-corrected chi connectivity index (χ2v) is 3.93. The van der Waals surface area contributed by atoms with Gasteiger partial charge in [-0.05, 0) is 25.9 Å². The molecule has 0 spiro atoms. The quantitative estimate of drug-likeness (QED) is 0.434. The second kappa shape index (κ2) is 7.66. The molecule has 1 fully saturated rings. The van der Waals surface area contributed by atoms with Crippen LogP contribution in [0.15, 0.2) is 0 Å². The van der Waals surface area contributed by atoms with E-state index in [0.29, 0.717) is 25.9 Å². The molecule has 1 rings (SSSR count). The largest absolute Gasteiger partial charge is 0.785 e. The predicted octanol–water partition coefficient (Wildman–Crippen LogP) is -0.250. The first kappa shape index (κ1) is 15.3. The molecule has 0 aromatic rings. The van der Waals surface area contributed by atoms with Crippen LogP contribution >= 0.6 is 0 Å². The van der Waals surface area contributed by atoms with Gasteiger partial charge in [-0.25, -0.2) is 0 Å². The summed E-state index contributed by atoms with van der Waals surface area (Å²) in [4.78, 5) is 28.4. The fourth-order valence-electron chi connectivity index (χ4n) is 1.62. The molecule has 0 amide bonds. The molecule has 1 aliphatic heterocycles. The van der Waals surface area contributed by atoms with Crippen molar-refractivity contribution in [2.24, 2.45) is 0 Å². The molecule has 0 saturated carbocycles. The molecule has 19 heavy (non-hydrogen) atoms. The van der Waals surface area contributed by atoms with Gasteiger partial charge in [-0.3, -0.25) is 0 Å². The van der Waals surface area contributed by atoms with Crippen LogP contribution in [0.2, 0.25) is 0 Å². The van der Waals surface area contributed by atoms with Gasteiger partial charge in [-0.15, -0.1) is 20.2 Å². The molecule has 1 saturated heterocycles. The summed E-state index contributed by atoms with van der Waals surface area (Å²) >= 11 is 0. The average molecular weight is 280 g/mol. The molecule has 0 aromatic carbocycles. The molecule has 11 nitrogen and oxygen atoms in total. The van der Waals surface area contributed by atoms with E-state index in [4.69, 9.17) is 4.74 Å². The van der Waals surface area contributed by atoms with E-state index in [0.717, 1.165) is 5.06 Å². The number of hydroxylamine groups is 2.